The van der Waals surface area contributed by atoms with E-state index in [0.29, 0.717) is 31.9 Å². The molecule has 4 aromatic rings. The predicted octanol–water partition coefficient (Wildman–Crippen LogP) is 5.77. The van der Waals surface area contributed by atoms with E-state index in [-0.39, 0.29) is 24.5 Å². The number of esters is 1. The van der Waals surface area contributed by atoms with Gasteiger partial charge in [-0.1, -0.05) is 39.4 Å². The molecule has 3 aromatic carbocycles. The van der Waals surface area contributed by atoms with Crippen LogP contribution >= 0.6 is 39.0 Å². The highest BCUT2D eigenvalue weighted by atomic mass is 79.9. The molecule has 1 atom stereocenters. The first-order chi connectivity index (χ1) is 20.7. The molecule has 0 radical (unpaired) electrons. The summed E-state index contributed by atoms with van der Waals surface area (Å²) in [5.74, 6) is 0.0193. The van der Waals surface area contributed by atoms with E-state index < -0.39 is 16.9 Å². The van der Waals surface area contributed by atoms with Crippen molar-refractivity contribution in [1.29, 1.82) is 0 Å². The third kappa shape index (κ3) is 6.51. The Balaban J connectivity index is 1.57. The number of nitro groups is 1. The Labute approximate surface area is 263 Å². The molecule has 0 amide bonds. The van der Waals surface area contributed by atoms with Crippen LogP contribution in [0.1, 0.15) is 36.6 Å². The summed E-state index contributed by atoms with van der Waals surface area (Å²) in [6.45, 7) is 3.87. The van der Waals surface area contributed by atoms with E-state index >= 15 is 0 Å². The molecule has 2 heterocycles. The van der Waals surface area contributed by atoms with Gasteiger partial charge in [0, 0.05) is 27.1 Å². The van der Waals surface area contributed by atoms with Crippen LogP contribution in [-0.2, 0) is 16.1 Å². The molecule has 1 aliphatic rings. The quantitative estimate of drug-likeness (QED) is 0.0955. The van der Waals surface area contributed by atoms with Gasteiger partial charge < -0.3 is 9.47 Å². The Kier molecular flexibility index (Phi) is 9.28. The van der Waals surface area contributed by atoms with Crippen molar-refractivity contribution in [2.24, 2.45) is 4.99 Å². The van der Waals surface area contributed by atoms with Crippen LogP contribution < -0.4 is 19.6 Å². The normalized spacial score (nSPS) is 14.7. The number of thiazole rings is 1. The Morgan fingerprint density at radius 3 is 2.53 bits per heavy atom. The third-order valence-electron chi connectivity index (χ3n) is 6.75. The summed E-state index contributed by atoms with van der Waals surface area (Å²) in [6, 6.07) is 18.7. The van der Waals surface area contributed by atoms with E-state index in [1.165, 1.54) is 23.5 Å². The Hall–Kier alpha value is -4.00. The lowest BCUT2D eigenvalue weighted by atomic mass is 9.96. The maximum Gasteiger partial charge on any atom is 0.338 e. The van der Waals surface area contributed by atoms with Gasteiger partial charge in [0.05, 0.1) is 33.4 Å². The van der Waals surface area contributed by atoms with Crippen molar-refractivity contribution in [2.75, 3.05) is 12.9 Å². The second kappa shape index (κ2) is 13.1. The molecule has 0 aliphatic carbocycles. The molecular formula is C31H26BrN3O6S2. The number of hydrogen-bond donors (Lipinski definition) is 0. The lowest BCUT2D eigenvalue weighted by molar-refractivity contribution is -0.384. The number of nitro benzene ring substituents is 1. The van der Waals surface area contributed by atoms with Crippen molar-refractivity contribution in [3.05, 3.63) is 129 Å². The summed E-state index contributed by atoms with van der Waals surface area (Å²) in [5, 5.41) is 11.0. The van der Waals surface area contributed by atoms with Gasteiger partial charge in [-0.05, 0) is 79.8 Å². The number of benzene rings is 3. The minimum absolute atomic E-state index is 0.00306. The molecule has 0 N–H and O–H groups in total. The van der Waals surface area contributed by atoms with Gasteiger partial charge in [0.2, 0.25) is 0 Å². The number of thioether (sulfide) groups is 1. The van der Waals surface area contributed by atoms with Crippen LogP contribution in [0.4, 0.5) is 5.69 Å². The zero-order chi connectivity index (χ0) is 30.7. The molecule has 1 aliphatic heterocycles. The van der Waals surface area contributed by atoms with Crippen molar-refractivity contribution in [2.45, 2.75) is 31.4 Å². The molecule has 0 saturated carbocycles. The number of nitrogens with zero attached hydrogens (tertiary/aromatic N) is 3. The van der Waals surface area contributed by atoms with Crippen LogP contribution in [0.25, 0.3) is 6.08 Å². The fourth-order valence-corrected chi connectivity index (χ4v) is 6.50. The Bertz CT molecular complexity index is 1910. The summed E-state index contributed by atoms with van der Waals surface area (Å²) in [5.41, 5.74) is 2.73. The molecule has 220 valence electrons. The average Bonchev–Trinajstić information content (AvgIpc) is 3.30. The molecular weight excluding hydrogens is 654 g/mol. The molecule has 0 saturated heterocycles. The smallest absolute Gasteiger partial charge is 0.338 e. The minimum Gasteiger partial charge on any atom is -0.488 e. The SMILES string of the molecule is CCOC(=O)C1=C(C)N=c2s/c(=C\c3cc(Br)ccc3OCc3ccc([N+](=O)[O-])cc3)c(=O)n2[C@H]1c1ccc(SC)cc1. The number of hydrogen-bond acceptors (Lipinski definition) is 9. The molecule has 1 aromatic heterocycles. The molecule has 5 rings (SSSR count). The average molecular weight is 681 g/mol. The van der Waals surface area contributed by atoms with Crippen LogP contribution in [0.5, 0.6) is 5.75 Å². The van der Waals surface area contributed by atoms with Crippen molar-refractivity contribution in [1.82, 2.24) is 4.57 Å². The fourth-order valence-electron chi connectivity index (χ4n) is 4.67. The first-order valence-electron chi connectivity index (χ1n) is 13.2. The summed E-state index contributed by atoms with van der Waals surface area (Å²) in [6.07, 6.45) is 3.73. The third-order valence-corrected chi connectivity index (χ3v) is 8.97. The zero-order valence-corrected chi connectivity index (χ0v) is 26.6. The summed E-state index contributed by atoms with van der Waals surface area (Å²) in [7, 11) is 0. The van der Waals surface area contributed by atoms with Gasteiger partial charge in [-0.2, -0.15) is 0 Å². The van der Waals surface area contributed by atoms with Gasteiger partial charge in [0.1, 0.15) is 12.4 Å². The first kappa shape index (κ1) is 30.5. The van der Waals surface area contributed by atoms with Crippen LogP contribution in [0.3, 0.4) is 0 Å². The van der Waals surface area contributed by atoms with E-state index in [2.05, 4.69) is 20.9 Å². The zero-order valence-electron chi connectivity index (χ0n) is 23.4. The van der Waals surface area contributed by atoms with E-state index in [0.717, 1.165) is 20.5 Å². The second-order valence-electron chi connectivity index (χ2n) is 9.47. The first-order valence-corrected chi connectivity index (χ1v) is 16.0. The standard InChI is InChI=1S/C31H26BrN3O6S2/c1-4-40-30(37)27-18(2)33-31-34(28(27)20-7-12-24(42-3)13-8-20)29(36)26(43-31)16-21-15-22(32)9-14-25(21)41-17-19-5-10-23(11-6-19)35(38)39/h5-16,28H,4,17H2,1-3H3/b26-16-/t28-/m0/s1. The topological polar surface area (TPSA) is 113 Å². The number of carbonyl (C=O) groups is 1. The molecule has 0 unspecified atom stereocenters. The maximum absolute atomic E-state index is 14.0. The van der Waals surface area contributed by atoms with E-state index in [1.54, 1.807) is 54.5 Å². The number of aromatic nitrogens is 1. The monoisotopic (exact) mass is 679 g/mol. The molecule has 9 nitrogen and oxygen atoms in total. The Morgan fingerprint density at radius 2 is 1.88 bits per heavy atom. The van der Waals surface area contributed by atoms with Crippen molar-refractivity contribution in [3.8, 4) is 5.75 Å². The molecule has 0 spiro atoms. The summed E-state index contributed by atoms with van der Waals surface area (Å²) >= 11 is 6.34. The lowest BCUT2D eigenvalue weighted by Crippen LogP contribution is -2.39. The van der Waals surface area contributed by atoms with Crippen LogP contribution in [0.2, 0.25) is 0 Å². The van der Waals surface area contributed by atoms with Gasteiger partial charge in [-0.25, -0.2) is 9.79 Å². The number of ether oxygens (including phenoxy) is 2. The number of fused-ring (bicyclic) bond motifs is 1. The largest absolute Gasteiger partial charge is 0.488 e. The second-order valence-corrected chi connectivity index (χ2v) is 12.3. The summed E-state index contributed by atoms with van der Waals surface area (Å²) in [4.78, 5) is 43.9. The van der Waals surface area contributed by atoms with Crippen molar-refractivity contribution in [3.63, 3.8) is 0 Å². The molecule has 0 bridgehead atoms. The number of halogens is 1. The maximum atomic E-state index is 14.0. The minimum atomic E-state index is -0.700. The van der Waals surface area contributed by atoms with Gasteiger partial charge in [0.15, 0.2) is 4.80 Å². The highest BCUT2D eigenvalue weighted by Gasteiger charge is 2.33. The lowest BCUT2D eigenvalue weighted by Gasteiger charge is -2.24. The molecule has 12 heteroatoms. The highest BCUT2D eigenvalue weighted by Crippen LogP contribution is 2.32. The van der Waals surface area contributed by atoms with E-state index in [9.17, 15) is 19.7 Å². The van der Waals surface area contributed by atoms with Crippen molar-refractivity contribution < 1.29 is 19.2 Å². The van der Waals surface area contributed by atoms with Gasteiger partial charge in [-0.3, -0.25) is 19.5 Å². The molecule has 43 heavy (non-hydrogen) atoms. The fraction of sp³-hybridized carbons (Fsp3) is 0.194. The number of rotatable bonds is 9. The van der Waals surface area contributed by atoms with Crippen molar-refractivity contribution >= 4 is 56.8 Å². The predicted molar refractivity (Wildman–Crippen MR) is 170 cm³/mol. The molecule has 0 fully saturated rings. The van der Waals surface area contributed by atoms with E-state index in [1.807, 2.05) is 42.7 Å². The van der Waals surface area contributed by atoms with Gasteiger partial charge in [0.25, 0.3) is 11.2 Å². The van der Waals surface area contributed by atoms with E-state index in [4.69, 9.17) is 9.47 Å². The van der Waals surface area contributed by atoms with Crippen LogP contribution in [0.15, 0.2) is 97.2 Å². The number of carbonyl (C=O) groups excluding carboxylic acids is 1. The van der Waals surface area contributed by atoms with Crippen LogP contribution in [-0.4, -0.2) is 28.3 Å². The number of allylic oxidation sites excluding steroid dienone is 1. The Morgan fingerprint density at radius 1 is 1.16 bits per heavy atom. The number of non-ortho nitro benzene ring substituents is 1. The van der Waals surface area contributed by atoms with Gasteiger partial charge in [-0.15, -0.1) is 11.8 Å². The van der Waals surface area contributed by atoms with Gasteiger partial charge >= 0.3 is 5.97 Å². The highest BCUT2D eigenvalue weighted by molar-refractivity contribution is 9.10. The van der Waals surface area contributed by atoms with Crippen LogP contribution in [0, 0.1) is 10.1 Å². The summed E-state index contributed by atoms with van der Waals surface area (Å²) < 4.78 is 14.2.